The number of rotatable bonds is 5. The molecule has 2 atom stereocenters. The molecule has 1 heterocycles. The van der Waals surface area contributed by atoms with Gasteiger partial charge in [-0.3, -0.25) is 9.59 Å². The van der Waals surface area contributed by atoms with Crippen LogP contribution in [0.25, 0.3) is 0 Å². The Hall–Kier alpha value is -1.59. The van der Waals surface area contributed by atoms with Gasteiger partial charge in [0.2, 0.25) is 11.8 Å². The van der Waals surface area contributed by atoms with E-state index in [-0.39, 0.29) is 42.2 Å². The summed E-state index contributed by atoms with van der Waals surface area (Å²) in [6.07, 6.45) is 6.89. The fourth-order valence-electron chi connectivity index (χ4n) is 4.11. The molecule has 3 N–H and O–H groups in total. The van der Waals surface area contributed by atoms with Gasteiger partial charge >= 0.3 is 0 Å². The van der Waals surface area contributed by atoms with Crippen LogP contribution in [0.2, 0.25) is 0 Å². The molecule has 2 amide bonds. The number of carbonyl (C=O) groups is 2. The minimum Gasteiger partial charge on any atom is -0.353 e. The molecule has 1 aromatic rings. The highest BCUT2D eigenvalue weighted by Gasteiger charge is 2.29. The number of hydrogen-bond acceptors (Lipinski definition) is 3. The monoisotopic (exact) mass is 393 g/mol. The summed E-state index contributed by atoms with van der Waals surface area (Å²) in [6, 6.07) is 10.5. The summed E-state index contributed by atoms with van der Waals surface area (Å²) < 4.78 is 0. The van der Waals surface area contributed by atoms with Crippen molar-refractivity contribution in [1.29, 1.82) is 0 Å². The molecule has 1 aliphatic heterocycles. The van der Waals surface area contributed by atoms with Crippen LogP contribution in [-0.2, 0) is 16.0 Å². The molecule has 0 aromatic heterocycles. The molecule has 27 heavy (non-hydrogen) atoms. The zero-order chi connectivity index (χ0) is 18.4. The Kier molecular flexibility index (Phi) is 8.58. The topological polar surface area (TPSA) is 75.4 Å². The van der Waals surface area contributed by atoms with E-state index >= 15 is 0 Å². The molecule has 3 rings (SSSR count). The Labute approximate surface area is 168 Å². The van der Waals surface area contributed by atoms with Gasteiger partial charge in [0.1, 0.15) is 0 Å². The molecule has 150 valence electrons. The maximum atomic E-state index is 12.4. The highest BCUT2D eigenvalue weighted by Crippen LogP contribution is 2.24. The fraction of sp³-hybridized carbons (Fsp3) is 0.619. The highest BCUT2D eigenvalue weighted by molar-refractivity contribution is 5.85. The molecule has 1 saturated carbocycles. The van der Waals surface area contributed by atoms with Gasteiger partial charge in [-0.05, 0) is 44.1 Å². The number of halogens is 1. The lowest BCUT2D eigenvalue weighted by Gasteiger charge is -2.34. The predicted molar refractivity (Wildman–Crippen MR) is 110 cm³/mol. The van der Waals surface area contributed by atoms with Crippen LogP contribution in [0.5, 0.6) is 0 Å². The van der Waals surface area contributed by atoms with E-state index in [1.807, 2.05) is 23.1 Å². The van der Waals surface area contributed by atoms with Gasteiger partial charge in [-0.15, -0.1) is 12.4 Å². The van der Waals surface area contributed by atoms with Crippen molar-refractivity contribution in [2.75, 3.05) is 13.1 Å². The summed E-state index contributed by atoms with van der Waals surface area (Å²) in [5, 5.41) is 3.19. The van der Waals surface area contributed by atoms with Gasteiger partial charge in [-0.2, -0.15) is 0 Å². The molecule has 1 saturated heterocycles. The Morgan fingerprint density at radius 3 is 2.44 bits per heavy atom. The lowest BCUT2D eigenvalue weighted by atomic mass is 9.85. The van der Waals surface area contributed by atoms with Crippen LogP contribution in [0.3, 0.4) is 0 Å². The number of likely N-dealkylation sites (tertiary alicyclic amines) is 1. The number of piperidine rings is 1. The Morgan fingerprint density at radius 1 is 1.07 bits per heavy atom. The maximum Gasteiger partial charge on any atom is 0.223 e. The third kappa shape index (κ3) is 6.51. The van der Waals surface area contributed by atoms with Crippen molar-refractivity contribution in [3.8, 4) is 0 Å². The zero-order valence-electron chi connectivity index (χ0n) is 15.9. The number of benzene rings is 1. The van der Waals surface area contributed by atoms with Crippen molar-refractivity contribution in [3.63, 3.8) is 0 Å². The van der Waals surface area contributed by atoms with Gasteiger partial charge in [-0.25, -0.2) is 0 Å². The normalized spacial score (nSPS) is 23.4. The number of aryl methyl sites for hydroxylation is 1. The summed E-state index contributed by atoms with van der Waals surface area (Å²) in [5.41, 5.74) is 7.20. The second-order valence-corrected chi connectivity index (χ2v) is 7.77. The first-order chi connectivity index (χ1) is 12.6. The van der Waals surface area contributed by atoms with Crippen molar-refractivity contribution < 1.29 is 9.59 Å². The number of amides is 2. The molecule has 0 spiro atoms. The predicted octanol–water partition coefficient (Wildman–Crippen LogP) is 2.67. The van der Waals surface area contributed by atoms with Crippen molar-refractivity contribution in [1.82, 2.24) is 10.2 Å². The number of nitrogens with one attached hydrogen (secondary N) is 1. The maximum absolute atomic E-state index is 12.4. The number of hydrogen-bond donors (Lipinski definition) is 2. The van der Waals surface area contributed by atoms with Crippen molar-refractivity contribution in [2.45, 2.75) is 63.5 Å². The summed E-state index contributed by atoms with van der Waals surface area (Å²) >= 11 is 0. The third-order valence-electron chi connectivity index (χ3n) is 5.75. The summed E-state index contributed by atoms with van der Waals surface area (Å²) in [5.74, 6) is 0.454. The molecule has 0 bridgehead atoms. The van der Waals surface area contributed by atoms with E-state index in [2.05, 4.69) is 17.4 Å². The molecule has 2 unspecified atom stereocenters. The van der Waals surface area contributed by atoms with Gasteiger partial charge in [-0.1, -0.05) is 36.8 Å². The quantitative estimate of drug-likeness (QED) is 0.807. The molecule has 5 nitrogen and oxygen atoms in total. The number of nitrogens with two attached hydrogens (primary N) is 1. The average molecular weight is 394 g/mol. The molecule has 2 fully saturated rings. The van der Waals surface area contributed by atoms with Crippen LogP contribution in [-0.4, -0.2) is 41.9 Å². The van der Waals surface area contributed by atoms with Gasteiger partial charge in [0.25, 0.3) is 0 Å². The molecule has 2 aliphatic rings. The minimum absolute atomic E-state index is 0. The van der Waals surface area contributed by atoms with Gasteiger partial charge in [0, 0.05) is 37.5 Å². The molecule has 0 radical (unpaired) electrons. The second kappa shape index (κ2) is 10.7. The zero-order valence-corrected chi connectivity index (χ0v) is 16.8. The smallest absolute Gasteiger partial charge is 0.223 e. The largest absolute Gasteiger partial charge is 0.353 e. The van der Waals surface area contributed by atoms with E-state index in [1.54, 1.807) is 0 Å². The third-order valence-corrected chi connectivity index (χ3v) is 5.75. The van der Waals surface area contributed by atoms with E-state index in [9.17, 15) is 9.59 Å². The Morgan fingerprint density at radius 2 is 1.78 bits per heavy atom. The molecular weight excluding hydrogens is 362 g/mol. The van der Waals surface area contributed by atoms with E-state index in [4.69, 9.17) is 5.73 Å². The lowest BCUT2D eigenvalue weighted by Crippen LogP contribution is -2.48. The molecule has 1 aliphatic carbocycles. The van der Waals surface area contributed by atoms with E-state index < -0.39 is 0 Å². The van der Waals surface area contributed by atoms with Gasteiger partial charge in [0.05, 0.1) is 0 Å². The van der Waals surface area contributed by atoms with Crippen LogP contribution < -0.4 is 11.1 Å². The SMILES string of the molecule is Cl.NC1CCCC(C(=O)NC2CCN(C(=O)CCc3ccccc3)CC2)C1. The van der Waals surface area contributed by atoms with E-state index in [0.29, 0.717) is 6.42 Å². The number of nitrogens with zero attached hydrogens (tertiary/aromatic N) is 1. The van der Waals surface area contributed by atoms with Crippen molar-refractivity contribution >= 4 is 24.2 Å². The first-order valence-corrected chi connectivity index (χ1v) is 9.99. The van der Waals surface area contributed by atoms with E-state index in [0.717, 1.165) is 58.0 Å². The average Bonchev–Trinajstić information content (AvgIpc) is 2.67. The van der Waals surface area contributed by atoms with Crippen LogP contribution in [0, 0.1) is 5.92 Å². The molecule has 6 heteroatoms. The summed E-state index contributed by atoms with van der Waals surface area (Å²) in [7, 11) is 0. The fourth-order valence-corrected chi connectivity index (χ4v) is 4.11. The van der Waals surface area contributed by atoms with Crippen LogP contribution in [0.4, 0.5) is 0 Å². The Bertz CT molecular complexity index is 603. The van der Waals surface area contributed by atoms with Crippen molar-refractivity contribution in [2.24, 2.45) is 11.7 Å². The summed E-state index contributed by atoms with van der Waals surface area (Å²) in [4.78, 5) is 26.8. The van der Waals surface area contributed by atoms with Gasteiger partial charge < -0.3 is 16.0 Å². The molecule has 1 aromatic carbocycles. The first kappa shape index (κ1) is 21.7. The Balaban J connectivity index is 0.00000261. The lowest BCUT2D eigenvalue weighted by molar-refractivity contribution is -0.132. The van der Waals surface area contributed by atoms with Crippen LogP contribution in [0.1, 0.15) is 50.5 Å². The summed E-state index contributed by atoms with van der Waals surface area (Å²) in [6.45, 7) is 1.48. The van der Waals surface area contributed by atoms with Gasteiger partial charge in [0.15, 0.2) is 0 Å². The van der Waals surface area contributed by atoms with E-state index in [1.165, 1.54) is 5.56 Å². The second-order valence-electron chi connectivity index (χ2n) is 7.77. The van der Waals surface area contributed by atoms with Crippen LogP contribution >= 0.6 is 12.4 Å². The minimum atomic E-state index is 0. The van der Waals surface area contributed by atoms with Crippen molar-refractivity contribution in [3.05, 3.63) is 35.9 Å². The van der Waals surface area contributed by atoms with Crippen LogP contribution in [0.15, 0.2) is 30.3 Å². The number of carbonyl (C=O) groups excluding carboxylic acids is 2. The molecular formula is C21H32ClN3O2. The standard InChI is InChI=1S/C21H31N3O2.ClH/c22-18-8-4-7-17(15-18)21(26)23-19-11-13-24(14-12-19)20(25)10-9-16-5-2-1-3-6-16;/h1-3,5-6,17-19H,4,7-15,22H2,(H,23,26);1H. The first-order valence-electron chi connectivity index (χ1n) is 9.99. The highest BCUT2D eigenvalue weighted by atomic mass is 35.5.